The van der Waals surface area contributed by atoms with Gasteiger partial charge in [-0.05, 0) is 6.42 Å². The molecule has 8 nitrogen and oxygen atoms in total. The highest BCUT2D eigenvalue weighted by Crippen LogP contribution is 2.01. The Kier molecular flexibility index (Phi) is 4.70. The van der Waals surface area contributed by atoms with Crippen molar-refractivity contribution in [2.45, 2.75) is 33.0 Å². The molecule has 0 atom stereocenters. The van der Waals surface area contributed by atoms with Gasteiger partial charge in [0.25, 0.3) is 0 Å². The van der Waals surface area contributed by atoms with Gasteiger partial charge < -0.3 is 19.8 Å². The molecule has 0 spiro atoms. The average molecular weight is 277 g/mol. The molecule has 2 aromatic heterocycles. The number of carbonyl (C=O) groups excluding carboxylic acids is 1. The summed E-state index contributed by atoms with van der Waals surface area (Å²) in [6, 6.07) is -0.174. The topological polar surface area (TPSA) is 91.7 Å². The smallest absolute Gasteiger partial charge is 0.317 e. The van der Waals surface area contributed by atoms with E-state index < -0.39 is 0 Å². The summed E-state index contributed by atoms with van der Waals surface area (Å²) in [6.45, 7) is 3.73. The predicted octanol–water partition coefficient (Wildman–Crippen LogP) is 0.753. The van der Waals surface area contributed by atoms with Crippen molar-refractivity contribution in [3.8, 4) is 0 Å². The zero-order valence-corrected chi connectivity index (χ0v) is 11.7. The van der Waals surface area contributed by atoms with Gasteiger partial charge in [0.1, 0.15) is 12.2 Å². The van der Waals surface area contributed by atoms with Crippen LogP contribution in [0, 0.1) is 0 Å². The van der Waals surface area contributed by atoms with Crippen LogP contribution in [-0.4, -0.2) is 42.7 Å². The maximum atomic E-state index is 11.9. The quantitative estimate of drug-likeness (QED) is 0.815. The molecular formula is C12H19N7O. The van der Waals surface area contributed by atoms with Crippen LogP contribution in [0.25, 0.3) is 0 Å². The van der Waals surface area contributed by atoms with Crippen LogP contribution in [0.3, 0.4) is 0 Å². The van der Waals surface area contributed by atoms with Gasteiger partial charge in [0.2, 0.25) is 0 Å². The minimum absolute atomic E-state index is 0.174. The fourth-order valence-corrected chi connectivity index (χ4v) is 1.80. The van der Waals surface area contributed by atoms with Gasteiger partial charge in [0.15, 0.2) is 5.82 Å². The Hall–Kier alpha value is -2.38. The molecule has 0 unspecified atom stereocenters. The van der Waals surface area contributed by atoms with Gasteiger partial charge in [0, 0.05) is 26.0 Å². The molecule has 20 heavy (non-hydrogen) atoms. The Labute approximate surface area is 117 Å². The Balaban J connectivity index is 1.85. The van der Waals surface area contributed by atoms with Crippen LogP contribution < -0.4 is 5.32 Å². The number of carbonyl (C=O) groups is 1. The molecule has 0 bridgehead atoms. The number of nitrogens with one attached hydrogen (secondary N) is 2. The van der Waals surface area contributed by atoms with Gasteiger partial charge in [-0.15, -0.1) is 10.2 Å². The fourth-order valence-electron chi connectivity index (χ4n) is 1.80. The highest BCUT2D eigenvalue weighted by Gasteiger charge is 2.12. The maximum Gasteiger partial charge on any atom is 0.317 e. The molecule has 2 rings (SSSR count). The minimum atomic E-state index is -0.174. The zero-order chi connectivity index (χ0) is 14.4. The number of amides is 2. The third-order valence-electron chi connectivity index (χ3n) is 2.85. The van der Waals surface area contributed by atoms with Crippen LogP contribution in [0.2, 0.25) is 0 Å². The van der Waals surface area contributed by atoms with Crippen molar-refractivity contribution in [1.82, 2.24) is 34.9 Å². The van der Waals surface area contributed by atoms with Gasteiger partial charge in [-0.25, -0.2) is 9.78 Å². The minimum Gasteiger partial charge on any atom is -0.347 e. The van der Waals surface area contributed by atoms with Crippen LogP contribution in [0.4, 0.5) is 4.79 Å². The summed E-state index contributed by atoms with van der Waals surface area (Å²) >= 11 is 0. The Morgan fingerprint density at radius 3 is 3.10 bits per heavy atom. The van der Waals surface area contributed by atoms with Gasteiger partial charge in [0.05, 0.1) is 13.1 Å². The Bertz CT molecular complexity index is 534. The number of urea groups is 1. The second-order valence-electron chi connectivity index (χ2n) is 4.49. The number of aromatic nitrogens is 5. The average Bonchev–Trinajstić information content (AvgIpc) is 3.09. The highest BCUT2D eigenvalue weighted by atomic mass is 16.2. The first-order valence-electron chi connectivity index (χ1n) is 6.54. The van der Waals surface area contributed by atoms with Crippen molar-refractivity contribution in [3.63, 3.8) is 0 Å². The SMILES string of the molecule is CCCn1cnnc1CN(C)C(=O)NCc1ncc[nH]1. The van der Waals surface area contributed by atoms with Crippen LogP contribution in [0.5, 0.6) is 0 Å². The van der Waals surface area contributed by atoms with E-state index in [1.807, 2.05) is 4.57 Å². The zero-order valence-electron chi connectivity index (χ0n) is 11.7. The lowest BCUT2D eigenvalue weighted by molar-refractivity contribution is 0.204. The number of rotatable bonds is 6. The first-order valence-corrected chi connectivity index (χ1v) is 6.54. The molecule has 108 valence electrons. The summed E-state index contributed by atoms with van der Waals surface area (Å²) in [5.41, 5.74) is 0. The van der Waals surface area contributed by atoms with Crippen molar-refractivity contribution in [3.05, 3.63) is 30.4 Å². The lowest BCUT2D eigenvalue weighted by Crippen LogP contribution is -2.37. The molecule has 0 saturated carbocycles. The molecule has 2 heterocycles. The first-order chi connectivity index (χ1) is 9.70. The summed E-state index contributed by atoms with van der Waals surface area (Å²) in [5, 5.41) is 10.7. The van der Waals surface area contributed by atoms with E-state index in [1.54, 1.807) is 30.7 Å². The van der Waals surface area contributed by atoms with Crippen LogP contribution in [0.1, 0.15) is 25.0 Å². The second kappa shape index (κ2) is 6.69. The molecule has 0 aliphatic rings. The second-order valence-corrected chi connectivity index (χ2v) is 4.49. The largest absolute Gasteiger partial charge is 0.347 e. The number of nitrogens with zero attached hydrogens (tertiary/aromatic N) is 5. The van der Waals surface area contributed by atoms with Crippen LogP contribution >= 0.6 is 0 Å². The Morgan fingerprint density at radius 1 is 1.55 bits per heavy atom. The normalized spacial score (nSPS) is 10.5. The summed E-state index contributed by atoms with van der Waals surface area (Å²) in [7, 11) is 1.72. The van der Waals surface area contributed by atoms with Crippen molar-refractivity contribution < 1.29 is 4.79 Å². The van der Waals surface area contributed by atoms with E-state index in [0.717, 1.165) is 24.6 Å². The maximum absolute atomic E-state index is 11.9. The summed E-state index contributed by atoms with van der Waals surface area (Å²) in [5.74, 6) is 1.50. The molecular weight excluding hydrogens is 258 g/mol. The molecule has 0 aromatic carbocycles. The molecule has 2 amide bonds. The van der Waals surface area contributed by atoms with E-state index in [1.165, 1.54) is 0 Å². The van der Waals surface area contributed by atoms with E-state index in [2.05, 4.69) is 32.4 Å². The number of aryl methyl sites for hydroxylation is 1. The van der Waals surface area contributed by atoms with E-state index >= 15 is 0 Å². The van der Waals surface area contributed by atoms with Crippen LogP contribution in [0.15, 0.2) is 18.7 Å². The number of hydrogen-bond donors (Lipinski definition) is 2. The monoisotopic (exact) mass is 277 g/mol. The van der Waals surface area contributed by atoms with Crippen molar-refractivity contribution in [2.75, 3.05) is 7.05 Å². The lowest BCUT2D eigenvalue weighted by Gasteiger charge is -2.17. The summed E-state index contributed by atoms with van der Waals surface area (Å²) in [6.07, 6.45) is 6.06. The number of imidazole rings is 1. The van der Waals surface area contributed by atoms with Gasteiger partial charge in [-0.3, -0.25) is 0 Å². The molecule has 0 saturated heterocycles. The molecule has 2 N–H and O–H groups in total. The fraction of sp³-hybridized carbons (Fsp3) is 0.500. The molecule has 0 aliphatic heterocycles. The highest BCUT2D eigenvalue weighted by molar-refractivity contribution is 5.73. The predicted molar refractivity (Wildman–Crippen MR) is 72.6 cm³/mol. The van der Waals surface area contributed by atoms with Gasteiger partial charge >= 0.3 is 6.03 Å². The molecule has 2 aromatic rings. The number of H-pyrrole nitrogens is 1. The summed E-state index contributed by atoms with van der Waals surface area (Å²) in [4.78, 5) is 20.5. The van der Waals surface area contributed by atoms with E-state index in [9.17, 15) is 4.79 Å². The van der Waals surface area contributed by atoms with E-state index in [0.29, 0.717) is 13.1 Å². The number of aromatic amines is 1. The lowest BCUT2D eigenvalue weighted by atomic mass is 10.4. The third kappa shape index (κ3) is 3.56. The first kappa shape index (κ1) is 14.0. The third-order valence-corrected chi connectivity index (χ3v) is 2.85. The van der Waals surface area contributed by atoms with E-state index in [-0.39, 0.29) is 6.03 Å². The molecule has 8 heteroatoms. The van der Waals surface area contributed by atoms with Crippen molar-refractivity contribution in [2.24, 2.45) is 0 Å². The van der Waals surface area contributed by atoms with Crippen LogP contribution in [-0.2, 0) is 19.6 Å². The molecule has 0 fully saturated rings. The van der Waals surface area contributed by atoms with Gasteiger partial charge in [-0.1, -0.05) is 6.92 Å². The standard InChI is InChI=1S/C12H19N7O/c1-3-6-19-9-16-17-11(19)8-18(2)12(20)15-7-10-13-4-5-14-10/h4-5,9H,3,6-8H2,1-2H3,(H,13,14)(H,15,20). The van der Waals surface area contributed by atoms with E-state index in [4.69, 9.17) is 0 Å². The number of hydrogen-bond acceptors (Lipinski definition) is 4. The van der Waals surface area contributed by atoms with Gasteiger partial charge in [-0.2, -0.15) is 0 Å². The van der Waals surface area contributed by atoms with Crippen molar-refractivity contribution in [1.29, 1.82) is 0 Å². The molecule has 0 aliphatic carbocycles. The summed E-state index contributed by atoms with van der Waals surface area (Å²) < 4.78 is 1.95. The molecule has 0 radical (unpaired) electrons. The Morgan fingerprint density at radius 2 is 2.40 bits per heavy atom. The van der Waals surface area contributed by atoms with Crippen molar-refractivity contribution >= 4 is 6.03 Å².